The molecular weight excluding hydrogens is 510 g/mol. The summed E-state index contributed by atoms with van der Waals surface area (Å²) in [7, 11) is 0. The maximum atomic E-state index is 13.3. The maximum Gasteiger partial charge on any atom is 0.274 e. The van der Waals surface area contributed by atoms with Gasteiger partial charge in [-0.25, -0.2) is 9.37 Å². The summed E-state index contributed by atoms with van der Waals surface area (Å²) < 4.78 is 13.2. The number of carbonyl (C=O) groups excluding carboxylic acids is 2. The molecule has 0 spiro atoms. The van der Waals surface area contributed by atoms with Crippen molar-refractivity contribution in [3.8, 4) is 0 Å². The van der Waals surface area contributed by atoms with E-state index in [0.717, 1.165) is 5.56 Å². The van der Waals surface area contributed by atoms with E-state index in [1.54, 1.807) is 23.6 Å². The van der Waals surface area contributed by atoms with Gasteiger partial charge in [-0.1, -0.05) is 53.5 Å². The minimum atomic E-state index is -0.417. The lowest BCUT2D eigenvalue weighted by atomic mass is 10.2. The van der Waals surface area contributed by atoms with Crippen molar-refractivity contribution < 1.29 is 14.0 Å². The molecule has 35 heavy (non-hydrogen) atoms. The highest BCUT2D eigenvalue weighted by Crippen LogP contribution is 2.30. The quantitative estimate of drug-likeness (QED) is 0.269. The van der Waals surface area contributed by atoms with Gasteiger partial charge in [-0.05, 0) is 48.0 Å². The third-order valence-electron chi connectivity index (χ3n) is 4.86. The molecule has 4 rings (SSSR count). The monoisotopic (exact) mass is 528 g/mol. The van der Waals surface area contributed by atoms with E-state index in [-0.39, 0.29) is 18.8 Å². The van der Waals surface area contributed by atoms with Gasteiger partial charge in [0.2, 0.25) is 5.91 Å². The van der Waals surface area contributed by atoms with E-state index in [2.05, 4.69) is 15.6 Å². The van der Waals surface area contributed by atoms with Crippen molar-refractivity contribution in [2.45, 2.75) is 6.54 Å². The number of thiazole rings is 1. The predicted molar refractivity (Wildman–Crippen MR) is 138 cm³/mol. The normalized spacial score (nSPS) is 10.6. The largest absolute Gasteiger partial charge is 0.330 e. The van der Waals surface area contributed by atoms with E-state index in [1.165, 1.54) is 40.5 Å². The molecule has 0 atom stereocenters. The van der Waals surface area contributed by atoms with Crippen LogP contribution in [0, 0.1) is 5.82 Å². The summed E-state index contributed by atoms with van der Waals surface area (Å²) in [6.45, 7) is -0.0115. The van der Waals surface area contributed by atoms with Crippen LogP contribution in [0.4, 0.5) is 20.9 Å². The molecule has 6 nitrogen and oxygen atoms in total. The number of halogens is 3. The van der Waals surface area contributed by atoms with Crippen molar-refractivity contribution in [2.75, 3.05) is 17.2 Å². The standard InChI is InChI=1S/C25H19Cl2FN4O2S/c26-17-6-11-20(27)21(12-17)30-25-31-22(15-35-25)24(34)32(13-16-4-2-1-3-5-16)14-23(33)29-19-9-7-18(28)8-10-19/h1-12,15H,13-14H2,(H,29,33)(H,30,31). The number of nitrogens with zero attached hydrogens (tertiary/aromatic N) is 2. The Bertz CT molecular complexity index is 1330. The van der Waals surface area contributed by atoms with Gasteiger partial charge in [-0.15, -0.1) is 11.3 Å². The number of hydrogen-bond donors (Lipinski definition) is 2. The fourth-order valence-electron chi connectivity index (χ4n) is 3.21. The Kier molecular flexibility index (Phi) is 7.97. The van der Waals surface area contributed by atoms with Crippen molar-refractivity contribution in [1.29, 1.82) is 0 Å². The third kappa shape index (κ3) is 6.79. The zero-order valence-electron chi connectivity index (χ0n) is 18.2. The SMILES string of the molecule is O=C(CN(Cc1ccccc1)C(=O)c1csc(Nc2cc(Cl)ccc2Cl)n1)Nc1ccc(F)cc1. The molecule has 0 fully saturated rings. The van der Waals surface area contributed by atoms with E-state index >= 15 is 0 Å². The number of carbonyl (C=O) groups is 2. The highest BCUT2D eigenvalue weighted by molar-refractivity contribution is 7.14. The Morgan fingerprint density at radius 1 is 1.00 bits per heavy atom. The zero-order valence-corrected chi connectivity index (χ0v) is 20.5. The molecule has 0 saturated heterocycles. The number of amides is 2. The van der Waals surface area contributed by atoms with Gasteiger partial charge in [0.1, 0.15) is 18.1 Å². The molecule has 1 aromatic heterocycles. The van der Waals surface area contributed by atoms with Crippen molar-refractivity contribution in [3.63, 3.8) is 0 Å². The van der Waals surface area contributed by atoms with Crippen molar-refractivity contribution in [3.05, 3.63) is 105 Å². The smallest absolute Gasteiger partial charge is 0.274 e. The van der Waals surface area contributed by atoms with Crippen LogP contribution in [0.1, 0.15) is 16.1 Å². The highest BCUT2D eigenvalue weighted by Gasteiger charge is 2.22. The summed E-state index contributed by atoms with van der Waals surface area (Å²) in [5.74, 6) is -1.24. The summed E-state index contributed by atoms with van der Waals surface area (Å²) in [5.41, 5.74) is 2.03. The molecule has 178 valence electrons. The van der Waals surface area contributed by atoms with Crippen LogP contribution in [0.5, 0.6) is 0 Å². The number of hydrogen-bond acceptors (Lipinski definition) is 5. The molecule has 1 heterocycles. The topological polar surface area (TPSA) is 74.3 Å². The first kappa shape index (κ1) is 24.7. The Morgan fingerprint density at radius 2 is 1.74 bits per heavy atom. The number of anilines is 3. The lowest BCUT2D eigenvalue weighted by molar-refractivity contribution is -0.117. The Balaban J connectivity index is 1.51. The number of aromatic nitrogens is 1. The summed E-state index contributed by atoms with van der Waals surface area (Å²) >= 11 is 13.5. The summed E-state index contributed by atoms with van der Waals surface area (Å²) in [4.78, 5) is 31.8. The summed E-state index contributed by atoms with van der Waals surface area (Å²) in [5, 5.41) is 8.78. The zero-order chi connectivity index (χ0) is 24.8. The fourth-order valence-corrected chi connectivity index (χ4v) is 4.24. The lowest BCUT2D eigenvalue weighted by Crippen LogP contribution is -2.37. The van der Waals surface area contributed by atoms with Gasteiger partial charge in [-0.2, -0.15) is 0 Å². The van der Waals surface area contributed by atoms with E-state index in [1.807, 2.05) is 30.3 Å². The Hall–Kier alpha value is -3.46. The molecule has 0 aliphatic rings. The molecule has 2 amide bonds. The van der Waals surface area contributed by atoms with Crippen LogP contribution in [0.15, 0.2) is 78.2 Å². The first-order valence-corrected chi connectivity index (χ1v) is 12.1. The number of rotatable bonds is 8. The van der Waals surface area contributed by atoms with E-state index in [9.17, 15) is 14.0 Å². The molecule has 0 unspecified atom stereocenters. The molecule has 0 bridgehead atoms. The predicted octanol–water partition coefficient (Wildman–Crippen LogP) is 6.61. The summed E-state index contributed by atoms with van der Waals surface area (Å²) in [6.07, 6.45) is 0. The minimum absolute atomic E-state index is 0.182. The van der Waals surface area contributed by atoms with Crippen LogP contribution in [-0.4, -0.2) is 28.2 Å². The average Bonchev–Trinajstić information content (AvgIpc) is 3.31. The van der Waals surface area contributed by atoms with Crippen LogP contribution < -0.4 is 10.6 Å². The second-order valence-corrected chi connectivity index (χ2v) is 9.19. The minimum Gasteiger partial charge on any atom is -0.330 e. The van der Waals surface area contributed by atoms with Gasteiger partial charge >= 0.3 is 0 Å². The molecular formula is C25H19Cl2FN4O2S. The van der Waals surface area contributed by atoms with Crippen molar-refractivity contribution in [2.24, 2.45) is 0 Å². The molecule has 0 aliphatic carbocycles. The van der Waals surface area contributed by atoms with Crippen LogP contribution >= 0.6 is 34.5 Å². The molecule has 0 aliphatic heterocycles. The van der Waals surface area contributed by atoms with Gasteiger partial charge in [0.15, 0.2) is 5.13 Å². The average molecular weight is 529 g/mol. The van der Waals surface area contributed by atoms with Crippen LogP contribution in [0.25, 0.3) is 0 Å². The Morgan fingerprint density at radius 3 is 2.49 bits per heavy atom. The van der Waals surface area contributed by atoms with E-state index in [4.69, 9.17) is 23.2 Å². The van der Waals surface area contributed by atoms with Crippen LogP contribution in [0.2, 0.25) is 10.0 Å². The van der Waals surface area contributed by atoms with Gasteiger partial charge in [-0.3, -0.25) is 9.59 Å². The highest BCUT2D eigenvalue weighted by atomic mass is 35.5. The van der Waals surface area contributed by atoms with Crippen molar-refractivity contribution >= 4 is 62.9 Å². The van der Waals surface area contributed by atoms with Gasteiger partial charge in [0.25, 0.3) is 5.91 Å². The molecule has 3 aromatic carbocycles. The molecule has 2 N–H and O–H groups in total. The Labute approximate surface area is 215 Å². The second kappa shape index (κ2) is 11.3. The second-order valence-electron chi connectivity index (χ2n) is 7.49. The van der Waals surface area contributed by atoms with Gasteiger partial charge < -0.3 is 15.5 Å². The lowest BCUT2D eigenvalue weighted by Gasteiger charge is -2.21. The summed E-state index contributed by atoms with van der Waals surface area (Å²) in [6, 6.07) is 19.7. The van der Waals surface area contributed by atoms with Crippen molar-refractivity contribution in [1.82, 2.24) is 9.88 Å². The van der Waals surface area contributed by atoms with Gasteiger partial charge in [0.05, 0.1) is 10.7 Å². The molecule has 4 aromatic rings. The van der Waals surface area contributed by atoms with Gasteiger partial charge in [0, 0.05) is 22.6 Å². The first-order chi connectivity index (χ1) is 16.9. The maximum absolute atomic E-state index is 13.3. The van der Waals surface area contributed by atoms with Crippen LogP contribution in [-0.2, 0) is 11.3 Å². The fraction of sp³-hybridized carbons (Fsp3) is 0.0800. The first-order valence-electron chi connectivity index (χ1n) is 10.4. The van der Waals surface area contributed by atoms with E-state index < -0.39 is 17.6 Å². The molecule has 0 saturated carbocycles. The third-order valence-corrected chi connectivity index (χ3v) is 6.18. The number of nitrogens with one attached hydrogen (secondary N) is 2. The van der Waals surface area contributed by atoms with Crippen LogP contribution in [0.3, 0.4) is 0 Å². The van der Waals surface area contributed by atoms with E-state index in [0.29, 0.717) is 26.6 Å². The molecule has 0 radical (unpaired) electrons. The molecule has 10 heteroatoms. The number of benzene rings is 3.